The van der Waals surface area contributed by atoms with E-state index in [1.54, 1.807) is 24.3 Å². The maximum absolute atomic E-state index is 11.6. The standard InChI is InChI=1S/C25H35N3O5S/c1-16(2)24-26-25(33-27-24)28-17-4-5-18(28)15-22(14-17)32-20-8-6-19(7-9-20)31-21-10-12-23(13-11-21)34(3,29)30/h10-13,16-20,22H,4-9,14-15H2,1-3H3. The van der Waals surface area contributed by atoms with Gasteiger partial charge < -0.3 is 18.9 Å². The summed E-state index contributed by atoms with van der Waals surface area (Å²) >= 11 is 0. The Kier molecular flexibility index (Phi) is 6.59. The van der Waals surface area contributed by atoms with Gasteiger partial charge in [-0.3, -0.25) is 0 Å². The van der Waals surface area contributed by atoms with E-state index in [1.807, 2.05) is 0 Å². The number of ether oxygens (including phenoxy) is 2. The molecule has 8 nitrogen and oxygen atoms in total. The van der Waals surface area contributed by atoms with Crippen molar-refractivity contribution in [2.75, 3.05) is 11.2 Å². The fourth-order valence-corrected chi connectivity index (χ4v) is 6.26. The highest BCUT2D eigenvalue weighted by molar-refractivity contribution is 7.90. The minimum atomic E-state index is -3.19. The molecule has 2 unspecified atom stereocenters. The Bertz CT molecular complexity index is 1060. The lowest BCUT2D eigenvalue weighted by atomic mass is 9.93. The highest BCUT2D eigenvalue weighted by Crippen LogP contribution is 2.41. The molecule has 2 aliphatic heterocycles. The number of rotatable bonds is 7. The molecule has 0 radical (unpaired) electrons. The lowest BCUT2D eigenvalue weighted by Gasteiger charge is -2.39. The Morgan fingerprint density at radius 2 is 1.56 bits per heavy atom. The van der Waals surface area contributed by atoms with Gasteiger partial charge in [0.25, 0.3) is 0 Å². The first kappa shape index (κ1) is 23.6. The number of sulfone groups is 1. The molecule has 34 heavy (non-hydrogen) atoms. The lowest BCUT2D eigenvalue weighted by molar-refractivity contribution is -0.0586. The molecule has 2 atom stereocenters. The molecule has 3 heterocycles. The van der Waals surface area contributed by atoms with E-state index >= 15 is 0 Å². The first-order valence-electron chi connectivity index (χ1n) is 12.5. The molecular formula is C25H35N3O5S. The summed E-state index contributed by atoms with van der Waals surface area (Å²) in [6, 6.07) is 8.22. The fraction of sp³-hybridized carbons (Fsp3) is 0.680. The van der Waals surface area contributed by atoms with E-state index in [9.17, 15) is 8.42 Å². The number of nitrogens with zero attached hydrogens (tertiary/aromatic N) is 3. The van der Waals surface area contributed by atoms with Gasteiger partial charge in [0, 0.05) is 24.3 Å². The van der Waals surface area contributed by atoms with Crippen molar-refractivity contribution >= 4 is 15.9 Å². The lowest BCUT2D eigenvalue weighted by Crippen LogP contribution is -2.47. The summed E-state index contributed by atoms with van der Waals surface area (Å²) in [5.74, 6) is 1.77. The number of hydrogen-bond donors (Lipinski definition) is 0. The van der Waals surface area contributed by atoms with Crippen LogP contribution in [0.3, 0.4) is 0 Å². The predicted molar refractivity (Wildman–Crippen MR) is 128 cm³/mol. The van der Waals surface area contributed by atoms with Gasteiger partial charge in [0.05, 0.1) is 23.2 Å². The monoisotopic (exact) mass is 489 g/mol. The first-order chi connectivity index (χ1) is 16.3. The van der Waals surface area contributed by atoms with Crippen LogP contribution in [0.15, 0.2) is 33.7 Å². The van der Waals surface area contributed by atoms with Crippen molar-refractivity contribution in [2.24, 2.45) is 0 Å². The van der Waals surface area contributed by atoms with E-state index in [0.717, 1.165) is 62.9 Å². The van der Waals surface area contributed by atoms with Crippen LogP contribution in [0.25, 0.3) is 0 Å². The SMILES string of the molecule is CC(C)c1noc(N2C3CCC2CC(OC2CCC(Oc4ccc(S(C)(=O)=O)cc4)CC2)C3)n1. The van der Waals surface area contributed by atoms with E-state index in [2.05, 4.69) is 28.9 Å². The van der Waals surface area contributed by atoms with Crippen molar-refractivity contribution in [3.8, 4) is 5.75 Å². The molecular weight excluding hydrogens is 454 g/mol. The third-order valence-corrected chi connectivity index (χ3v) is 8.55. The molecule has 1 aromatic heterocycles. The number of benzene rings is 1. The highest BCUT2D eigenvalue weighted by Gasteiger charge is 2.44. The average Bonchev–Trinajstić information content (AvgIpc) is 3.37. The minimum absolute atomic E-state index is 0.148. The maximum Gasteiger partial charge on any atom is 0.324 e. The number of fused-ring (bicyclic) bond motifs is 2. The van der Waals surface area contributed by atoms with Crippen molar-refractivity contribution < 1.29 is 22.4 Å². The van der Waals surface area contributed by atoms with Gasteiger partial charge in [-0.2, -0.15) is 4.98 Å². The van der Waals surface area contributed by atoms with Crippen molar-refractivity contribution in [3.63, 3.8) is 0 Å². The van der Waals surface area contributed by atoms with Crippen LogP contribution in [-0.2, 0) is 14.6 Å². The molecule has 2 bridgehead atoms. The average molecular weight is 490 g/mol. The van der Waals surface area contributed by atoms with Gasteiger partial charge in [0.15, 0.2) is 15.7 Å². The topological polar surface area (TPSA) is 94.8 Å². The molecule has 1 aliphatic carbocycles. The molecule has 2 aromatic rings. The Labute approximate surface area is 201 Å². The highest BCUT2D eigenvalue weighted by atomic mass is 32.2. The molecule has 186 valence electrons. The smallest absolute Gasteiger partial charge is 0.324 e. The number of anilines is 1. The van der Waals surface area contributed by atoms with E-state index in [-0.39, 0.29) is 24.2 Å². The largest absolute Gasteiger partial charge is 0.490 e. The Morgan fingerprint density at radius 1 is 0.941 bits per heavy atom. The van der Waals surface area contributed by atoms with Crippen LogP contribution in [-0.4, -0.2) is 55.2 Å². The second-order valence-corrected chi connectivity index (χ2v) is 12.4. The normalized spacial score (nSPS) is 29.5. The molecule has 3 fully saturated rings. The molecule has 9 heteroatoms. The van der Waals surface area contributed by atoms with E-state index in [4.69, 9.17) is 14.0 Å². The fourth-order valence-electron chi connectivity index (χ4n) is 5.63. The van der Waals surface area contributed by atoms with E-state index in [0.29, 0.717) is 23.0 Å². The summed E-state index contributed by atoms with van der Waals surface area (Å²) in [7, 11) is -3.19. The summed E-state index contributed by atoms with van der Waals surface area (Å²) < 4.78 is 41.5. The van der Waals surface area contributed by atoms with Gasteiger partial charge in [0.2, 0.25) is 0 Å². The number of aromatic nitrogens is 2. The van der Waals surface area contributed by atoms with Gasteiger partial charge in [-0.25, -0.2) is 8.42 Å². The van der Waals surface area contributed by atoms with E-state index in [1.165, 1.54) is 6.26 Å². The van der Waals surface area contributed by atoms with Gasteiger partial charge in [0.1, 0.15) is 5.75 Å². The maximum atomic E-state index is 11.6. The second-order valence-electron chi connectivity index (χ2n) is 10.4. The van der Waals surface area contributed by atoms with Gasteiger partial charge in [-0.15, -0.1) is 0 Å². The summed E-state index contributed by atoms with van der Waals surface area (Å²) in [5, 5.41) is 4.15. The zero-order valence-electron chi connectivity index (χ0n) is 20.2. The van der Waals surface area contributed by atoms with Crippen molar-refractivity contribution in [1.29, 1.82) is 0 Å². The van der Waals surface area contributed by atoms with Crippen LogP contribution in [0.1, 0.15) is 77.0 Å². The molecule has 3 aliphatic rings. The minimum Gasteiger partial charge on any atom is -0.490 e. The third-order valence-electron chi connectivity index (χ3n) is 7.42. The first-order valence-corrected chi connectivity index (χ1v) is 14.4. The van der Waals surface area contributed by atoms with Crippen LogP contribution >= 0.6 is 0 Å². The Morgan fingerprint density at radius 3 is 2.12 bits per heavy atom. The van der Waals surface area contributed by atoms with Gasteiger partial charge in [-0.05, 0) is 75.6 Å². The summed E-state index contributed by atoms with van der Waals surface area (Å²) in [6.07, 6.45) is 10.1. The van der Waals surface area contributed by atoms with Crippen LogP contribution in [0.2, 0.25) is 0 Å². The van der Waals surface area contributed by atoms with Crippen LogP contribution < -0.4 is 9.64 Å². The molecule has 2 saturated heterocycles. The summed E-state index contributed by atoms with van der Waals surface area (Å²) in [5.41, 5.74) is 0. The van der Waals surface area contributed by atoms with Crippen molar-refractivity contribution in [1.82, 2.24) is 10.1 Å². The molecule has 5 rings (SSSR count). The molecule has 0 spiro atoms. The molecule has 1 aromatic carbocycles. The zero-order valence-corrected chi connectivity index (χ0v) is 21.0. The van der Waals surface area contributed by atoms with Crippen LogP contribution in [0.4, 0.5) is 6.01 Å². The molecule has 1 saturated carbocycles. The van der Waals surface area contributed by atoms with Crippen molar-refractivity contribution in [2.45, 2.75) is 106 Å². The van der Waals surface area contributed by atoms with Crippen molar-refractivity contribution in [3.05, 3.63) is 30.1 Å². The summed E-state index contributed by atoms with van der Waals surface area (Å²) in [6.45, 7) is 4.16. The second kappa shape index (κ2) is 9.49. The number of piperidine rings is 1. The van der Waals surface area contributed by atoms with E-state index < -0.39 is 9.84 Å². The van der Waals surface area contributed by atoms with Gasteiger partial charge >= 0.3 is 6.01 Å². The van der Waals surface area contributed by atoms with Gasteiger partial charge in [-0.1, -0.05) is 19.0 Å². The Balaban J connectivity index is 1.10. The zero-order chi connectivity index (χ0) is 23.9. The van der Waals surface area contributed by atoms with Crippen LogP contribution in [0, 0.1) is 0 Å². The van der Waals surface area contributed by atoms with Crippen LogP contribution in [0.5, 0.6) is 5.75 Å². The third kappa shape index (κ3) is 5.10. The quantitative estimate of drug-likeness (QED) is 0.561. The summed E-state index contributed by atoms with van der Waals surface area (Å²) in [4.78, 5) is 7.30. The molecule has 0 amide bonds. The predicted octanol–water partition coefficient (Wildman–Crippen LogP) is 4.50. The molecule has 0 N–H and O–H groups in total. The number of hydrogen-bond acceptors (Lipinski definition) is 8. The Hall–Kier alpha value is -2.13.